The fraction of sp³-hybridized carbons (Fsp3) is 0.708. The SMILES string of the molecule is CC1CC(N2CCCCC2)CCN1C(=O)OC[C@@H]1CCCCN1S(=O)(=O)c1ccc(Cl)cc1. The molecule has 0 saturated carbocycles. The molecule has 0 aromatic heterocycles. The maximum Gasteiger partial charge on any atom is 0.410 e. The highest BCUT2D eigenvalue weighted by Gasteiger charge is 2.36. The summed E-state index contributed by atoms with van der Waals surface area (Å²) in [5.74, 6) is 0. The number of ether oxygens (including phenoxy) is 1. The second-order valence-electron chi connectivity index (χ2n) is 9.61. The highest BCUT2D eigenvalue weighted by atomic mass is 35.5. The standard InChI is InChI=1S/C24H36ClN3O4S/c1-19-17-21(26-13-4-2-5-14-26)12-16-27(19)24(29)32-18-22-7-3-6-15-28(22)33(30,31)23-10-8-20(25)9-11-23/h8-11,19,21-22H,2-7,12-18H2,1H3/t19?,21?,22-/m0/s1. The molecule has 0 radical (unpaired) electrons. The van der Waals surface area contributed by atoms with Crippen molar-refractivity contribution >= 4 is 27.7 Å². The topological polar surface area (TPSA) is 70.2 Å². The van der Waals surface area contributed by atoms with E-state index in [2.05, 4.69) is 11.8 Å². The first kappa shape index (κ1) is 24.8. The fourth-order valence-electron chi connectivity index (χ4n) is 5.48. The summed E-state index contributed by atoms with van der Waals surface area (Å²) in [4.78, 5) is 17.5. The van der Waals surface area contributed by atoms with Crippen molar-refractivity contribution in [2.45, 2.75) is 81.3 Å². The van der Waals surface area contributed by atoms with E-state index in [0.29, 0.717) is 30.6 Å². The van der Waals surface area contributed by atoms with E-state index in [4.69, 9.17) is 16.3 Å². The molecule has 3 saturated heterocycles. The molecular weight excluding hydrogens is 462 g/mol. The number of hydrogen-bond donors (Lipinski definition) is 0. The van der Waals surface area contributed by atoms with E-state index in [1.54, 1.807) is 12.1 Å². The Morgan fingerprint density at radius 3 is 2.39 bits per heavy atom. The molecule has 3 aliphatic heterocycles. The first-order chi connectivity index (χ1) is 15.9. The zero-order valence-corrected chi connectivity index (χ0v) is 21.1. The number of hydrogen-bond acceptors (Lipinski definition) is 5. The van der Waals surface area contributed by atoms with Gasteiger partial charge < -0.3 is 14.5 Å². The smallest absolute Gasteiger partial charge is 0.410 e. The number of piperidine rings is 3. The molecule has 33 heavy (non-hydrogen) atoms. The molecule has 9 heteroatoms. The molecule has 4 rings (SSSR count). The van der Waals surface area contributed by atoms with Crippen molar-refractivity contribution in [3.8, 4) is 0 Å². The highest BCUT2D eigenvalue weighted by molar-refractivity contribution is 7.89. The summed E-state index contributed by atoms with van der Waals surface area (Å²) in [6, 6.07) is 6.56. The van der Waals surface area contributed by atoms with Gasteiger partial charge in [-0.1, -0.05) is 24.4 Å². The molecule has 2 unspecified atom stereocenters. The Hall–Kier alpha value is -1.35. The molecule has 0 bridgehead atoms. The Labute approximate surface area is 203 Å². The largest absolute Gasteiger partial charge is 0.448 e. The molecule has 7 nitrogen and oxygen atoms in total. The van der Waals surface area contributed by atoms with Crippen LogP contribution in [0.1, 0.15) is 58.3 Å². The van der Waals surface area contributed by atoms with Crippen LogP contribution in [-0.4, -0.2) is 79.5 Å². The normalized spacial score (nSPS) is 27.9. The molecule has 0 spiro atoms. The van der Waals surface area contributed by atoms with Gasteiger partial charge in [-0.15, -0.1) is 0 Å². The van der Waals surface area contributed by atoms with Gasteiger partial charge in [-0.25, -0.2) is 13.2 Å². The third kappa shape index (κ3) is 5.84. The van der Waals surface area contributed by atoms with E-state index < -0.39 is 10.0 Å². The highest BCUT2D eigenvalue weighted by Crippen LogP contribution is 2.28. The third-order valence-corrected chi connectivity index (χ3v) is 9.60. The molecule has 1 amide bonds. The Morgan fingerprint density at radius 2 is 1.70 bits per heavy atom. The van der Waals surface area contributed by atoms with Crippen LogP contribution in [0.5, 0.6) is 0 Å². The minimum Gasteiger partial charge on any atom is -0.448 e. The van der Waals surface area contributed by atoms with E-state index in [-0.39, 0.29) is 29.7 Å². The number of sulfonamides is 1. The predicted molar refractivity (Wildman–Crippen MR) is 129 cm³/mol. The Morgan fingerprint density at radius 1 is 1.00 bits per heavy atom. The van der Waals surface area contributed by atoms with Crippen molar-refractivity contribution in [2.75, 3.05) is 32.8 Å². The summed E-state index contributed by atoms with van der Waals surface area (Å²) in [6.07, 6.45) is 7.89. The number of nitrogens with zero attached hydrogens (tertiary/aromatic N) is 3. The lowest BCUT2D eigenvalue weighted by molar-refractivity contribution is 0.0328. The number of rotatable bonds is 5. The quantitative estimate of drug-likeness (QED) is 0.604. The molecule has 184 valence electrons. The van der Waals surface area contributed by atoms with Crippen molar-refractivity contribution in [3.63, 3.8) is 0 Å². The molecule has 1 aromatic rings. The van der Waals surface area contributed by atoms with E-state index in [0.717, 1.165) is 25.7 Å². The minimum atomic E-state index is -3.67. The van der Waals surface area contributed by atoms with Crippen LogP contribution in [0.25, 0.3) is 0 Å². The first-order valence-electron chi connectivity index (χ1n) is 12.3. The van der Waals surface area contributed by atoms with E-state index in [9.17, 15) is 13.2 Å². The summed E-state index contributed by atoms with van der Waals surface area (Å²) in [7, 11) is -3.67. The average molecular weight is 498 g/mol. The van der Waals surface area contributed by atoms with Crippen molar-refractivity contribution in [2.24, 2.45) is 0 Å². The van der Waals surface area contributed by atoms with Crippen molar-refractivity contribution in [1.82, 2.24) is 14.1 Å². The van der Waals surface area contributed by atoms with Crippen LogP contribution in [0.4, 0.5) is 4.79 Å². The zero-order valence-electron chi connectivity index (χ0n) is 19.5. The fourth-order valence-corrected chi connectivity index (χ4v) is 7.29. The first-order valence-corrected chi connectivity index (χ1v) is 14.1. The van der Waals surface area contributed by atoms with Gasteiger partial charge in [0.2, 0.25) is 10.0 Å². The van der Waals surface area contributed by atoms with Crippen molar-refractivity contribution < 1.29 is 17.9 Å². The molecule has 3 fully saturated rings. The minimum absolute atomic E-state index is 0.0877. The van der Waals surface area contributed by atoms with Crippen molar-refractivity contribution in [1.29, 1.82) is 0 Å². The van der Waals surface area contributed by atoms with Gasteiger partial charge in [0.05, 0.1) is 10.9 Å². The molecule has 3 aliphatic rings. The summed E-state index contributed by atoms with van der Waals surface area (Å²) in [5, 5.41) is 0.497. The van der Waals surface area contributed by atoms with Crippen LogP contribution in [0, 0.1) is 0 Å². The van der Waals surface area contributed by atoms with E-state index in [1.165, 1.54) is 48.8 Å². The number of likely N-dealkylation sites (tertiary alicyclic amines) is 2. The summed E-state index contributed by atoms with van der Waals surface area (Å²) in [5.41, 5.74) is 0. The number of amides is 1. The maximum absolute atomic E-state index is 13.2. The molecular formula is C24H36ClN3O4S. The molecule has 3 heterocycles. The number of benzene rings is 1. The Kier molecular flexibility index (Phi) is 8.20. The predicted octanol–water partition coefficient (Wildman–Crippen LogP) is 4.36. The van der Waals surface area contributed by atoms with Gasteiger partial charge in [0, 0.05) is 30.2 Å². The maximum atomic E-state index is 13.2. The van der Waals surface area contributed by atoms with Gasteiger partial charge in [0.15, 0.2) is 0 Å². The molecule has 0 aliphatic carbocycles. The van der Waals surface area contributed by atoms with Crippen LogP contribution in [0.15, 0.2) is 29.2 Å². The monoisotopic (exact) mass is 497 g/mol. The van der Waals surface area contributed by atoms with Gasteiger partial charge >= 0.3 is 6.09 Å². The van der Waals surface area contributed by atoms with Crippen molar-refractivity contribution in [3.05, 3.63) is 29.3 Å². The van der Waals surface area contributed by atoms with Crippen LogP contribution in [0.3, 0.4) is 0 Å². The third-order valence-electron chi connectivity index (χ3n) is 7.38. The second kappa shape index (κ2) is 10.9. The zero-order chi connectivity index (χ0) is 23.4. The summed E-state index contributed by atoms with van der Waals surface area (Å²) >= 11 is 5.93. The van der Waals surface area contributed by atoms with Gasteiger partial charge in [-0.05, 0) is 82.8 Å². The number of halogens is 1. The second-order valence-corrected chi connectivity index (χ2v) is 11.9. The Bertz CT molecular complexity index is 905. The van der Waals surface area contributed by atoms with Gasteiger partial charge in [-0.3, -0.25) is 0 Å². The summed E-state index contributed by atoms with van der Waals surface area (Å²) < 4.78 is 33.6. The summed E-state index contributed by atoms with van der Waals surface area (Å²) in [6.45, 7) is 5.64. The number of carbonyl (C=O) groups is 1. The average Bonchev–Trinajstić information content (AvgIpc) is 2.83. The lowest BCUT2D eigenvalue weighted by atomic mass is 9.95. The van der Waals surface area contributed by atoms with Crippen LogP contribution in [-0.2, 0) is 14.8 Å². The van der Waals surface area contributed by atoms with Gasteiger partial charge in [-0.2, -0.15) is 4.31 Å². The molecule has 3 atom stereocenters. The molecule has 1 aromatic carbocycles. The van der Waals surface area contributed by atoms with Gasteiger partial charge in [0.1, 0.15) is 6.61 Å². The van der Waals surface area contributed by atoms with E-state index >= 15 is 0 Å². The van der Waals surface area contributed by atoms with Crippen LogP contribution in [0.2, 0.25) is 5.02 Å². The number of carbonyl (C=O) groups excluding carboxylic acids is 1. The van der Waals surface area contributed by atoms with Crippen LogP contribution >= 0.6 is 11.6 Å². The van der Waals surface area contributed by atoms with E-state index in [1.807, 2.05) is 4.90 Å². The lowest BCUT2D eigenvalue weighted by Gasteiger charge is -2.43. The van der Waals surface area contributed by atoms with Gasteiger partial charge in [0.25, 0.3) is 0 Å². The molecule has 0 N–H and O–H groups in total. The lowest BCUT2D eigenvalue weighted by Crippen LogP contribution is -2.53. The van der Waals surface area contributed by atoms with Crippen LogP contribution < -0.4 is 0 Å². The Balaban J connectivity index is 1.34.